The first kappa shape index (κ1) is 22.9. The maximum atomic E-state index is 11.9. The molecule has 0 radical (unpaired) electrons. The van der Waals surface area contributed by atoms with Gasteiger partial charge < -0.3 is 25.4 Å². The lowest BCUT2D eigenvalue weighted by molar-refractivity contribution is -0.119. The minimum Gasteiger partial charge on any atom is -0.379 e. The largest absolute Gasteiger partial charge is 0.379 e. The lowest BCUT2D eigenvalue weighted by atomic mass is 10.1. The van der Waals surface area contributed by atoms with Crippen molar-refractivity contribution in [2.75, 3.05) is 53.1 Å². The first-order valence-electron chi connectivity index (χ1n) is 9.67. The van der Waals surface area contributed by atoms with Crippen LogP contribution in [0, 0.1) is 0 Å². The van der Waals surface area contributed by atoms with E-state index in [0.29, 0.717) is 38.9 Å². The summed E-state index contributed by atoms with van der Waals surface area (Å²) in [5, 5.41) is 8.99. The molecule has 0 unspecified atom stereocenters. The van der Waals surface area contributed by atoms with E-state index in [1.54, 1.807) is 7.05 Å². The maximum Gasteiger partial charge on any atom is 0.239 e. The Morgan fingerprint density at radius 3 is 2.41 bits per heavy atom. The summed E-state index contributed by atoms with van der Waals surface area (Å²) in [6.45, 7) is 6.11. The number of guanidine groups is 1. The topological polar surface area (TPSA) is 84.0 Å². The van der Waals surface area contributed by atoms with Gasteiger partial charge in [0.2, 0.25) is 5.91 Å². The van der Waals surface area contributed by atoms with Crippen molar-refractivity contribution in [2.24, 2.45) is 4.99 Å². The Labute approximate surface area is 162 Å². The fraction of sp³-hybridized carbons (Fsp3) is 0.600. The van der Waals surface area contributed by atoms with E-state index < -0.39 is 0 Å². The minimum absolute atomic E-state index is 0.0608. The summed E-state index contributed by atoms with van der Waals surface area (Å²) in [6, 6.07) is 10.1. The van der Waals surface area contributed by atoms with Gasteiger partial charge in [0.15, 0.2) is 5.96 Å². The zero-order valence-electron chi connectivity index (χ0n) is 16.6. The molecule has 0 fully saturated rings. The second kappa shape index (κ2) is 16.1. The Morgan fingerprint density at radius 1 is 0.963 bits per heavy atom. The van der Waals surface area contributed by atoms with Crippen molar-refractivity contribution in [2.45, 2.75) is 26.2 Å². The van der Waals surface area contributed by atoms with Gasteiger partial charge in [-0.3, -0.25) is 9.79 Å². The number of hydrogen-bond acceptors (Lipinski definition) is 4. The molecule has 0 aliphatic rings. The van der Waals surface area contributed by atoms with E-state index in [4.69, 9.17) is 9.47 Å². The predicted molar refractivity (Wildman–Crippen MR) is 109 cm³/mol. The average molecular weight is 379 g/mol. The molecule has 0 spiro atoms. The fourth-order valence-corrected chi connectivity index (χ4v) is 2.25. The van der Waals surface area contributed by atoms with Crippen LogP contribution in [-0.2, 0) is 20.7 Å². The van der Waals surface area contributed by atoms with E-state index in [2.05, 4.69) is 40.0 Å². The number of nitrogens with one attached hydrogen (secondary N) is 3. The third-order valence-corrected chi connectivity index (χ3v) is 3.77. The molecular formula is C20H34N4O3. The number of carbonyl (C=O) groups excluding carboxylic acids is 1. The van der Waals surface area contributed by atoms with Crippen LogP contribution in [0.2, 0.25) is 0 Å². The Bertz CT molecular complexity index is 523. The van der Waals surface area contributed by atoms with E-state index in [1.165, 1.54) is 5.56 Å². The van der Waals surface area contributed by atoms with Crippen LogP contribution >= 0.6 is 0 Å². The summed E-state index contributed by atoms with van der Waals surface area (Å²) in [5.74, 6) is 0.519. The molecule has 1 aromatic carbocycles. The molecule has 0 aromatic heterocycles. The molecule has 0 heterocycles. The van der Waals surface area contributed by atoms with E-state index in [1.807, 2.05) is 18.2 Å². The summed E-state index contributed by atoms with van der Waals surface area (Å²) in [5.41, 5.74) is 1.21. The maximum absolute atomic E-state index is 11.9. The van der Waals surface area contributed by atoms with Crippen LogP contribution in [0.1, 0.15) is 25.3 Å². The number of nitrogens with zero attached hydrogens (tertiary/aromatic N) is 1. The van der Waals surface area contributed by atoms with Crippen molar-refractivity contribution in [1.29, 1.82) is 0 Å². The van der Waals surface area contributed by atoms with Crippen LogP contribution in [0.5, 0.6) is 0 Å². The highest BCUT2D eigenvalue weighted by Gasteiger charge is 2.03. The molecule has 27 heavy (non-hydrogen) atoms. The van der Waals surface area contributed by atoms with Crippen molar-refractivity contribution in [3.05, 3.63) is 35.9 Å². The molecule has 0 saturated heterocycles. The van der Waals surface area contributed by atoms with E-state index in [9.17, 15) is 4.79 Å². The number of carbonyl (C=O) groups is 1. The molecule has 0 saturated carbocycles. The smallest absolute Gasteiger partial charge is 0.239 e. The summed E-state index contributed by atoms with van der Waals surface area (Å²) in [7, 11) is 1.67. The summed E-state index contributed by atoms with van der Waals surface area (Å²) < 4.78 is 10.9. The van der Waals surface area contributed by atoms with Gasteiger partial charge >= 0.3 is 0 Å². The molecule has 1 aromatic rings. The highest BCUT2D eigenvalue weighted by Crippen LogP contribution is 1.97. The van der Waals surface area contributed by atoms with Crippen molar-refractivity contribution in [3.63, 3.8) is 0 Å². The van der Waals surface area contributed by atoms with Crippen molar-refractivity contribution in [3.8, 4) is 0 Å². The third-order valence-electron chi connectivity index (χ3n) is 3.77. The van der Waals surface area contributed by atoms with Gasteiger partial charge in [0, 0.05) is 26.7 Å². The lowest BCUT2D eigenvalue weighted by Crippen LogP contribution is -2.44. The fourth-order valence-electron chi connectivity index (χ4n) is 2.25. The van der Waals surface area contributed by atoms with Crippen LogP contribution in [0.25, 0.3) is 0 Å². The van der Waals surface area contributed by atoms with Crippen LogP contribution in [0.4, 0.5) is 0 Å². The Morgan fingerprint density at radius 2 is 1.70 bits per heavy atom. The number of amides is 1. The number of ether oxygens (including phenoxy) is 2. The molecule has 1 rings (SSSR count). The molecule has 7 nitrogen and oxygen atoms in total. The van der Waals surface area contributed by atoms with Crippen molar-refractivity contribution in [1.82, 2.24) is 16.0 Å². The zero-order chi connectivity index (χ0) is 19.6. The first-order valence-corrected chi connectivity index (χ1v) is 9.67. The monoisotopic (exact) mass is 378 g/mol. The molecule has 7 heteroatoms. The second-order valence-electron chi connectivity index (χ2n) is 6.02. The van der Waals surface area contributed by atoms with Gasteiger partial charge in [0.05, 0.1) is 26.4 Å². The Kier molecular flexibility index (Phi) is 13.7. The molecule has 0 aliphatic carbocycles. The van der Waals surface area contributed by atoms with Gasteiger partial charge in [0.1, 0.15) is 0 Å². The number of aliphatic imine (C=N–C) groups is 1. The highest BCUT2D eigenvalue weighted by atomic mass is 16.5. The zero-order valence-corrected chi connectivity index (χ0v) is 16.6. The van der Waals surface area contributed by atoms with Crippen LogP contribution in [-0.4, -0.2) is 65.0 Å². The number of rotatable bonds is 14. The minimum atomic E-state index is -0.0608. The van der Waals surface area contributed by atoms with Gasteiger partial charge in [-0.1, -0.05) is 43.7 Å². The quantitative estimate of drug-likeness (QED) is 0.259. The van der Waals surface area contributed by atoms with Crippen LogP contribution < -0.4 is 16.0 Å². The van der Waals surface area contributed by atoms with Crippen LogP contribution in [0.3, 0.4) is 0 Å². The Balaban J connectivity index is 2.01. The lowest BCUT2D eigenvalue weighted by Gasteiger charge is -2.12. The standard InChI is InChI=1S/C20H34N4O3/c1-3-4-13-26-15-16-27-14-12-23-20(21-2)24-17-19(25)22-11-10-18-8-6-5-7-9-18/h5-9H,3-4,10-17H2,1-2H3,(H,22,25)(H2,21,23,24). The van der Waals surface area contributed by atoms with E-state index in [0.717, 1.165) is 25.9 Å². The second-order valence-corrected chi connectivity index (χ2v) is 6.02. The Hall–Kier alpha value is -2.12. The first-order chi connectivity index (χ1) is 13.3. The van der Waals surface area contributed by atoms with E-state index >= 15 is 0 Å². The molecule has 0 bridgehead atoms. The van der Waals surface area contributed by atoms with Crippen LogP contribution in [0.15, 0.2) is 35.3 Å². The molecule has 3 N–H and O–H groups in total. The van der Waals surface area contributed by atoms with E-state index in [-0.39, 0.29) is 12.5 Å². The van der Waals surface area contributed by atoms with Gasteiger partial charge in [-0.25, -0.2) is 0 Å². The number of hydrogen-bond donors (Lipinski definition) is 3. The molecule has 152 valence electrons. The summed E-state index contributed by atoms with van der Waals surface area (Å²) >= 11 is 0. The average Bonchev–Trinajstić information content (AvgIpc) is 2.69. The molecule has 0 aliphatic heterocycles. The van der Waals surface area contributed by atoms with Gasteiger partial charge in [-0.05, 0) is 18.4 Å². The SMILES string of the molecule is CCCCOCCOCCNC(=NC)NCC(=O)NCCc1ccccc1. The number of unbranched alkanes of at least 4 members (excludes halogenated alkanes) is 1. The molecule has 1 amide bonds. The normalized spacial score (nSPS) is 11.3. The molecular weight excluding hydrogens is 344 g/mol. The van der Waals surface area contributed by atoms with Gasteiger partial charge in [0.25, 0.3) is 0 Å². The van der Waals surface area contributed by atoms with Crippen molar-refractivity contribution < 1.29 is 14.3 Å². The highest BCUT2D eigenvalue weighted by molar-refractivity contribution is 5.86. The number of benzene rings is 1. The van der Waals surface area contributed by atoms with Gasteiger partial charge in [-0.2, -0.15) is 0 Å². The summed E-state index contributed by atoms with van der Waals surface area (Å²) in [4.78, 5) is 16.0. The summed E-state index contributed by atoms with van der Waals surface area (Å²) in [6.07, 6.45) is 3.05. The molecule has 0 atom stereocenters. The predicted octanol–water partition coefficient (Wildman–Crippen LogP) is 1.34. The third kappa shape index (κ3) is 12.8. The van der Waals surface area contributed by atoms with Crippen molar-refractivity contribution >= 4 is 11.9 Å². The van der Waals surface area contributed by atoms with Gasteiger partial charge in [-0.15, -0.1) is 0 Å².